The summed E-state index contributed by atoms with van der Waals surface area (Å²) in [5, 5.41) is 18.7. The summed E-state index contributed by atoms with van der Waals surface area (Å²) in [5.74, 6) is 0. The molecule has 1 aromatic heterocycles. The van der Waals surface area contributed by atoms with Crippen LogP contribution in [0.1, 0.15) is 11.1 Å². The van der Waals surface area contributed by atoms with Gasteiger partial charge in [-0.1, -0.05) is 12.1 Å². The van der Waals surface area contributed by atoms with Gasteiger partial charge in [0, 0.05) is 16.5 Å². The highest BCUT2D eigenvalue weighted by molar-refractivity contribution is 8.00. The lowest BCUT2D eigenvalue weighted by Gasteiger charge is -2.06. The summed E-state index contributed by atoms with van der Waals surface area (Å²) < 4.78 is 3.27. The van der Waals surface area contributed by atoms with Crippen LogP contribution in [0.25, 0.3) is 10.9 Å². The van der Waals surface area contributed by atoms with Gasteiger partial charge in [0.15, 0.2) is 0 Å². The number of anilines is 1. The number of aromatic amines is 1. The number of fused-ring (bicyclic) bond motifs is 1. The average Bonchev–Trinajstić information content (AvgIpc) is 3.05. The van der Waals surface area contributed by atoms with E-state index in [1.54, 1.807) is 18.3 Å². The molecule has 116 valence electrons. The number of para-hydroxylation sites is 1. The van der Waals surface area contributed by atoms with Gasteiger partial charge in [-0.05, 0) is 42.3 Å². The number of nitriles is 2. The first-order valence-electron chi connectivity index (χ1n) is 6.66. The Kier molecular flexibility index (Phi) is 5.76. The molecule has 0 amide bonds. The van der Waals surface area contributed by atoms with E-state index in [1.807, 2.05) is 30.3 Å². The molecule has 0 aliphatic carbocycles. The average molecular weight is 334 g/mol. The van der Waals surface area contributed by atoms with E-state index in [0.29, 0.717) is 11.1 Å². The quantitative estimate of drug-likeness (QED) is 0.710. The normalized spacial score (nSPS) is 9.08. The number of nitrogens with one attached hydrogen (secondary N) is 2. The van der Waals surface area contributed by atoms with Gasteiger partial charge in [-0.3, -0.25) is 0 Å². The molecule has 0 saturated heterocycles. The number of carbonyl (C=O) groups excluding carboxylic acids is 2. The molecule has 0 unspecified atom stereocenters. The van der Waals surface area contributed by atoms with E-state index in [2.05, 4.69) is 21.8 Å². The van der Waals surface area contributed by atoms with Crippen molar-refractivity contribution in [3.05, 3.63) is 59.8 Å². The minimum absolute atomic E-state index is 0.250. The predicted octanol–water partition coefficient (Wildman–Crippen LogP) is 3.45. The van der Waals surface area contributed by atoms with Gasteiger partial charge in [0.1, 0.15) is 6.07 Å². The van der Waals surface area contributed by atoms with E-state index in [0.717, 1.165) is 21.5 Å². The number of hydrogen-bond acceptors (Lipinski definition) is 6. The zero-order valence-electron chi connectivity index (χ0n) is 12.2. The van der Waals surface area contributed by atoms with Crippen LogP contribution in [0, 0.1) is 22.7 Å². The molecule has 0 spiro atoms. The maximum absolute atomic E-state index is 9.05. The second-order valence-electron chi connectivity index (χ2n) is 4.47. The van der Waals surface area contributed by atoms with Gasteiger partial charge in [-0.15, -0.1) is 0 Å². The molecular formula is C17H10N4O2S. The van der Waals surface area contributed by atoms with E-state index in [1.165, 1.54) is 11.9 Å². The molecule has 0 atom stereocenters. The van der Waals surface area contributed by atoms with E-state index >= 15 is 0 Å². The summed E-state index contributed by atoms with van der Waals surface area (Å²) >= 11 is 1.46. The molecule has 0 fully saturated rings. The molecule has 0 bridgehead atoms. The second-order valence-corrected chi connectivity index (χ2v) is 5.35. The van der Waals surface area contributed by atoms with Gasteiger partial charge >= 0.3 is 6.15 Å². The van der Waals surface area contributed by atoms with Gasteiger partial charge in [-0.25, -0.2) is 0 Å². The fourth-order valence-electron chi connectivity index (χ4n) is 2.04. The maximum Gasteiger partial charge on any atom is 0.373 e. The van der Waals surface area contributed by atoms with Crippen molar-refractivity contribution in [3.63, 3.8) is 0 Å². The smallest absolute Gasteiger partial charge is 0.358 e. The lowest BCUT2D eigenvalue weighted by atomic mass is 10.2. The summed E-state index contributed by atoms with van der Waals surface area (Å²) in [6.45, 7) is 0. The van der Waals surface area contributed by atoms with Crippen molar-refractivity contribution in [2.45, 2.75) is 4.90 Å². The Morgan fingerprint density at radius 3 is 2.33 bits per heavy atom. The topological polar surface area (TPSA) is 110 Å². The minimum atomic E-state index is 0.250. The van der Waals surface area contributed by atoms with Crippen molar-refractivity contribution < 1.29 is 9.59 Å². The molecule has 6 nitrogen and oxygen atoms in total. The summed E-state index contributed by atoms with van der Waals surface area (Å²) in [6, 6.07) is 17.4. The molecule has 3 aromatic rings. The molecule has 2 aromatic carbocycles. The number of H-pyrrole nitrogens is 1. The maximum atomic E-state index is 9.05. The summed E-state index contributed by atoms with van der Waals surface area (Å²) in [7, 11) is 0. The van der Waals surface area contributed by atoms with Crippen molar-refractivity contribution in [2.24, 2.45) is 0 Å². The fraction of sp³-hybridized carbons (Fsp3) is 0. The van der Waals surface area contributed by atoms with E-state index in [4.69, 9.17) is 20.1 Å². The lowest BCUT2D eigenvalue weighted by Crippen LogP contribution is -1.88. The molecule has 2 N–H and O–H groups in total. The van der Waals surface area contributed by atoms with Gasteiger partial charge in [-0.2, -0.15) is 20.1 Å². The molecule has 0 saturated carbocycles. The third-order valence-corrected chi connectivity index (χ3v) is 3.93. The molecule has 7 heteroatoms. The Morgan fingerprint density at radius 2 is 1.71 bits per heavy atom. The molecule has 24 heavy (non-hydrogen) atoms. The summed E-state index contributed by atoms with van der Waals surface area (Å²) in [4.78, 5) is 20.4. The zero-order valence-corrected chi connectivity index (χ0v) is 13.1. The van der Waals surface area contributed by atoms with Gasteiger partial charge in [0.2, 0.25) is 0 Å². The van der Waals surface area contributed by atoms with Crippen molar-refractivity contribution >= 4 is 34.7 Å². The van der Waals surface area contributed by atoms with Crippen molar-refractivity contribution in [1.82, 2.24) is 4.98 Å². The Bertz CT molecular complexity index is 959. The lowest BCUT2D eigenvalue weighted by molar-refractivity contribution is -0.191. The van der Waals surface area contributed by atoms with Gasteiger partial charge < -0.3 is 9.71 Å². The molecule has 0 aliphatic rings. The van der Waals surface area contributed by atoms with Crippen LogP contribution in [0.5, 0.6) is 0 Å². The number of aromatic nitrogens is 1. The van der Waals surface area contributed by atoms with Crippen molar-refractivity contribution in [2.75, 3.05) is 4.72 Å². The molecule has 0 aliphatic heterocycles. The zero-order chi connectivity index (χ0) is 17.4. The van der Waals surface area contributed by atoms with E-state index in [9.17, 15) is 0 Å². The third-order valence-electron chi connectivity index (χ3n) is 3.10. The number of rotatable bonds is 3. The van der Waals surface area contributed by atoms with Crippen LogP contribution in [0.15, 0.2) is 53.6 Å². The first-order chi connectivity index (χ1) is 11.7. The largest absolute Gasteiger partial charge is 0.373 e. The Morgan fingerprint density at radius 1 is 1.00 bits per heavy atom. The van der Waals surface area contributed by atoms with Crippen molar-refractivity contribution in [3.8, 4) is 12.1 Å². The Balaban J connectivity index is 0.000000647. The fourth-order valence-corrected chi connectivity index (χ4v) is 2.71. The highest BCUT2D eigenvalue weighted by Gasteiger charge is 2.07. The third kappa shape index (κ3) is 3.82. The van der Waals surface area contributed by atoms with Gasteiger partial charge in [0.05, 0.1) is 28.4 Å². The minimum Gasteiger partial charge on any atom is -0.358 e. The first-order valence-corrected chi connectivity index (χ1v) is 7.47. The molecular weight excluding hydrogens is 324 g/mol. The SMILES string of the molecule is N#Cc1ccc(SNc2cccc3c(C#N)c[nH]c23)cc1.O=C=O. The Hall–Kier alpha value is -3.51. The number of benzene rings is 2. The van der Waals surface area contributed by atoms with E-state index < -0.39 is 0 Å². The van der Waals surface area contributed by atoms with Crippen molar-refractivity contribution in [1.29, 1.82) is 10.5 Å². The molecule has 3 rings (SSSR count). The predicted molar refractivity (Wildman–Crippen MR) is 88.7 cm³/mol. The van der Waals surface area contributed by atoms with Crippen LogP contribution in [-0.2, 0) is 9.59 Å². The van der Waals surface area contributed by atoms with Crippen LogP contribution in [-0.4, -0.2) is 11.1 Å². The van der Waals surface area contributed by atoms with Gasteiger partial charge in [0.25, 0.3) is 0 Å². The first kappa shape index (κ1) is 16.9. The standard InChI is InChI=1S/C16H10N4S.CO2/c17-8-11-4-6-13(7-5-11)21-20-15-3-1-2-14-12(9-18)10-19-16(14)15;2-1-3/h1-7,10,19-20H;. The highest BCUT2D eigenvalue weighted by atomic mass is 32.2. The molecule has 0 radical (unpaired) electrons. The Labute approximate surface area is 141 Å². The van der Waals surface area contributed by atoms with Crippen LogP contribution in [0.2, 0.25) is 0 Å². The molecule has 1 heterocycles. The second kappa shape index (κ2) is 8.21. The summed E-state index contributed by atoms with van der Waals surface area (Å²) in [6.07, 6.45) is 1.96. The highest BCUT2D eigenvalue weighted by Crippen LogP contribution is 2.29. The van der Waals surface area contributed by atoms with E-state index in [-0.39, 0.29) is 6.15 Å². The summed E-state index contributed by atoms with van der Waals surface area (Å²) in [5.41, 5.74) is 3.11. The van der Waals surface area contributed by atoms with Crippen LogP contribution in [0.3, 0.4) is 0 Å². The number of hydrogen-bond donors (Lipinski definition) is 2. The number of nitrogens with zero attached hydrogens (tertiary/aromatic N) is 2. The van der Waals surface area contributed by atoms with Crippen LogP contribution < -0.4 is 4.72 Å². The van der Waals surface area contributed by atoms with Crippen LogP contribution in [0.4, 0.5) is 5.69 Å². The monoisotopic (exact) mass is 334 g/mol. The van der Waals surface area contributed by atoms with Crippen LogP contribution >= 0.6 is 11.9 Å².